The van der Waals surface area contributed by atoms with Gasteiger partial charge in [-0.1, -0.05) is 6.07 Å². The molecule has 2 nitrogen and oxygen atoms in total. The molecule has 2 aromatic rings. The number of aryl methyl sites for hydroxylation is 2. The van der Waals surface area contributed by atoms with Gasteiger partial charge in [-0.15, -0.1) is 0 Å². The van der Waals surface area contributed by atoms with Crippen LogP contribution in [0.4, 0.5) is 0 Å². The number of carbonyl (C=O) groups excluding carboxylic acids is 1. The van der Waals surface area contributed by atoms with Crippen molar-refractivity contribution in [1.82, 2.24) is 4.98 Å². The zero-order valence-corrected chi connectivity index (χ0v) is 9.16. The van der Waals surface area contributed by atoms with E-state index in [9.17, 15) is 4.79 Å². The Morgan fingerprint density at radius 2 is 1.87 bits per heavy atom. The van der Waals surface area contributed by atoms with Gasteiger partial charge in [0.25, 0.3) is 0 Å². The SMILES string of the molecule is CC(=O)c1ccc2nc(C)ccc2c1C. The molecule has 2 heteroatoms. The van der Waals surface area contributed by atoms with Crippen molar-refractivity contribution in [2.24, 2.45) is 0 Å². The van der Waals surface area contributed by atoms with Gasteiger partial charge in [0.15, 0.2) is 5.78 Å². The van der Waals surface area contributed by atoms with Crippen LogP contribution >= 0.6 is 0 Å². The van der Waals surface area contributed by atoms with Gasteiger partial charge in [0.2, 0.25) is 0 Å². The molecular formula is C13H13NO. The summed E-state index contributed by atoms with van der Waals surface area (Å²) in [7, 11) is 0. The lowest BCUT2D eigenvalue weighted by atomic mass is 10.0. The third-order valence-corrected chi connectivity index (χ3v) is 2.66. The second kappa shape index (κ2) is 3.46. The summed E-state index contributed by atoms with van der Waals surface area (Å²) >= 11 is 0. The molecule has 1 aromatic heterocycles. The van der Waals surface area contributed by atoms with Gasteiger partial charge in [-0.2, -0.15) is 0 Å². The van der Waals surface area contributed by atoms with Gasteiger partial charge in [-0.05, 0) is 44.5 Å². The number of aromatic nitrogens is 1. The Morgan fingerprint density at radius 1 is 1.13 bits per heavy atom. The maximum absolute atomic E-state index is 11.4. The average Bonchev–Trinajstić information content (AvgIpc) is 2.17. The third kappa shape index (κ3) is 1.63. The number of hydrogen-bond donors (Lipinski definition) is 0. The fourth-order valence-corrected chi connectivity index (χ4v) is 1.83. The van der Waals surface area contributed by atoms with Crippen LogP contribution in [0.2, 0.25) is 0 Å². The Bertz CT molecular complexity index is 543. The van der Waals surface area contributed by atoms with E-state index in [-0.39, 0.29) is 5.78 Å². The number of hydrogen-bond acceptors (Lipinski definition) is 2. The summed E-state index contributed by atoms with van der Waals surface area (Å²) in [6, 6.07) is 7.76. The quantitative estimate of drug-likeness (QED) is 0.661. The molecule has 1 aromatic carbocycles. The lowest BCUT2D eigenvalue weighted by molar-refractivity contribution is 0.101. The van der Waals surface area contributed by atoms with Crippen molar-refractivity contribution in [2.45, 2.75) is 20.8 Å². The van der Waals surface area contributed by atoms with Crippen LogP contribution in [-0.4, -0.2) is 10.8 Å². The lowest BCUT2D eigenvalue weighted by Crippen LogP contribution is -1.97. The molecule has 76 valence electrons. The molecule has 0 amide bonds. The maximum atomic E-state index is 11.4. The average molecular weight is 199 g/mol. The van der Waals surface area contributed by atoms with E-state index in [1.54, 1.807) is 6.92 Å². The van der Waals surface area contributed by atoms with Crippen LogP contribution < -0.4 is 0 Å². The van der Waals surface area contributed by atoms with E-state index in [0.717, 1.165) is 27.7 Å². The van der Waals surface area contributed by atoms with Crippen LogP contribution in [0, 0.1) is 13.8 Å². The molecular weight excluding hydrogens is 186 g/mol. The van der Waals surface area contributed by atoms with Gasteiger partial charge in [0.1, 0.15) is 0 Å². The molecule has 0 radical (unpaired) electrons. The first-order valence-electron chi connectivity index (χ1n) is 4.97. The molecule has 0 aliphatic heterocycles. The fraction of sp³-hybridized carbons (Fsp3) is 0.231. The molecule has 0 saturated heterocycles. The minimum Gasteiger partial charge on any atom is -0.295 e. The summed E-state index contributed by atoms with van der Waals surface area (Å²) in [6.45, 7) is 5.53. The molecule has 1 heterocycles. The highest BCUT2D eigenvalue weighted by Crippen LogP contribution is 2.21. The van der Waals surface area contributed by atoms with Gasteiger partial charge < -0.3 is 0 Å². The minimum atomic E-state index is 0.106. The summed E-state index contributed by atoms with van der Waals surface area (Å²) in [6.07, 6.45) is 0. The first-order chi connectivity index (χ1) is 7.09. The summed E-state index contributed by atoms with van der Waals surface area (Å²) in [5, 5.41) is 1.06. The molecule has 0 N–H and O–H groups in total. The molecule has 0 aliphatic carbocycles. The summed E-state index contributed by atoms with van der Waals surface area (Å²) in [4.78, 5) is 15.8. The second-order valence-electron chi connectivity index (χ2n) is 3.81. The number of nitrogens with zero attached hydrogens (tertiary/aromatic N) is 1. The van der Waals surface area contributed by atoms with E-state index in [2.05, 4.69) is 4.98 Å². The number of rotatable bonds is 1. The largest absolute Gasteiger partial charge is 0.295 e. The molecule has 0 saturated carbocycles. The predicted molar refractivity (Wildman–Crippen MR) is 61.2 cm³/mol. The summed E-state index contributed by atoms with van der Waals surface area (Å²) in [5.74, 6) is 0.106. The van der Waals surface area contributed by atoms with Crippen LogP contribution in [0.25, 0.3) is 10.9 Å². The van der Waals surface area contributed by atoms with Crippen LogP contribution in [0.3, 0.4) is 0 Å². The molecule has 2 rings (SSSR count). The zero-order valence-electron chi connectivity index (χ0n) is 9.16. The smallest absolute Gasteiger partial charge is 0.160 e. The zero-order chi connectivity index (χ0) is 11.0. The van der Waals surface area contributed by atoms with Gasteiger partial charge in [0.05, 0.1) is 5.52 Å². The number of pyridine rings is 1. The number of Topliss-reactive ketones (excluding diaryl/α,β-unsaturated/α-hetero) is 1. The molecule has 0 bridgehead atoms. The molecule has 0 fully saturated rings. The van der Waals surface area contributed by atoms with Gasteiger partial charge in [-0.25, -0.2) is 0 Å². The van der Waals surface area contributed by atoms with E-state index in [4.69, 9.17) is 0 Å². The standard InChI is InChI=1S/C13H13NO/c1-8-4-5-12-9(2)11(10(3)15)6-7-13(12)14-8/h4-7H,1-3H3. The second-order valence-corrected chi connectivity index (χ2v) is 3.81. The van der Waals surface area contributed by atoms with E-state index in [0.29, 0.717) is 0 Å². The normalized spacial score (nSPS) is 10.6. The number of fused-ring (bicyclic) bond motifs is 1. The Hall–Kier alpha value is -1.70. The van der Waals surface area contributed by atoms with Gasteiger partial charge >= 0.3 is 0 Å². The Labute approximate surface area is 89.0 Å². The Kier molecular flexibility index (Phi) is 2.27. The maximum Gasteiger partial charge on any atom is 0.160 e. The van der Waals surface area contributed by atoms with Crippen molar-refractivity contribution in [3.8, 4) is 0 Å². The van der Waals surface area contributed by atoms with Crippen molar-refractivity contribution in [2.75, 3.05) is 0 Å². The number of ketones is 1. The lowest BCUT2D eigenvalue weighted by Gasteiger charge is -2.06. The van der Waals surface area contributed by atoms with Crippen LogP contribution in [0.15, 0.2) is 24.3 Å². The molecule has 0 aliphatic rings. The van der Waals surface area contributed by atoms with Crippen LogP contribution in [0.1, 0.15) is 28.5 Å². The highest BCUT2D eigenvalue weighted by molar-refractivity contribution is 6.00. The van der Waals surface area contributed by atoms with E-state index < -0.39 is 0 Å². The highest BCUT2D eigenvalue weighted by Gasteiger charge is 2.07. The summed E-state index contributed by atoms with van der Waals surface area (Å²) < 4.78 is 0. The first-order valence-corrected chi connectivity index (χ1v) is 4.97. The fourth-order valence-electron chi connectivity index (χ4n) is 1.83. The highest BCUT2D eigenvalue weighted by atomic mass is 16.1. The molecule has 0 atom stereocenters. The van der Waals surface area contributed by atoms with Crippen molar-refractivity contribution in [3.05, 3.63) is 41.1 Å². The molecule has 0 spiro atoms. The van der Waals surface area contributed by atoms with Gasteiger partial charge in [0, 0.05) is 16.6 Å². The van der Waals surface area contributed by atoms with Crippen molar-refractivity contribution < 1.29 is 4.79 Å². The Balaban J connectivity index is 2.80. The molecule has 0 unspecified atom stereocenters. The van der Waals surface area contributed by atoms with E-state index in [1.807, 2.05) is 38.1 Å². The van der Waals surface area contributed by atoms with Crippen molar-refractivity contribution >= 4 is 16.7 Å². The van der Waals surface area contributed by atoms with E-state index >= 15 is 0 Å². The van der Waals surface area contributed by atoms with E-state index in [1.165, 1.54) is 0 Å². The van der Waals surface area contributed by atoms with Crippen LogP contribution in [-0.2, 0) is 0 Å². The minimum absolute atomic E-state index is 0.106. The topological polar surface area (TPSA) is 30.0 Å². The number of carbonyl (C=O) groups is 1. The predicted octanol–water partition coefficient (Wildman–Crippen LogP) is 3.05. The van der Waals surface area contributed by atoms with Crippen molar-refractivity contribution in [1.29, 1.82) is 0 Å². The third-order valence-electron chi connectivity index (χ3n) is 2.66. The first kappa shape index (κ1) is 9.84. The van der Waals surface area contributed by atoms with Crippen LogP contribution in [0.5, 0.6) is 0 Å². The monoisotopic (exact) mass is 199 g/mol. The molecule has 15 heavy (non-hydrogen) atoms. The van der Waals surface area contributed by atoms with Crippen molar-refractivity contribution in [3.63, 3.8) is 0 Å². The summed E-state index contributed by atoms with van der Waals surface area (Å²) in [5.41, 5.74) is 3.76. The number of benzene rings is 1. The Morgan fingerprint density at radius 3 is 2.53 bits per heavy atom. The van der Waals surface area contributed by atoms with Gasteiger partial charge in [-0.3, -0.25) is 9.78 Å².